The summed E-state index contributed by atoms with van der Waals surface area (Å²) in [7, 11) is 0. The molecule has 1 N–H and O–H groups in total. The minimum Gasteiger partial charge on any atom is -0.353 e. The highest BCUT2D eigenvalue weighted by molar-refractivity contribution is 9.10. The second kappa shape index (κ2) is 5.48. The first-order valence-corrected chi connectivity index (χ1v) is 7.69. The lowest BCUT2D eigenvalue weighted by molar-refractivity contribution is 0.938. The van der Waals surface area contributed by atoms with E-state index in [0.29, 0.717) is 5.95 Å². The zero-order valence-corrected chi connectivity index (χ0v) is 13.0. The van der Waals surface area contributed by atoms with E-state index < -0.39 is 0 Å². The van der Waals surface area contributed by atoms with Gasteiger partial charge in [-0.15, -0.1) is 16.4 Å². The molecule has 3 heterocycles. The molecule has 0 saturated heterocycles. The zero-order valence-electron chi connectivity index (χ0n) is 9.81. The Morgan fingerprint density at radius 2 is 2.21 bits per heavy atom. The Bertz CT molecular complexity index is 709. The van der Waals surface area contributed by atoms with Crippen LogP contribution in [0.15, 0.2) is 34.9 Å². The van der Waals surface area contributed by atoms with Crippen LogP contribution in [0.5, 0.6) is 0 Å². The van der Waals surface area contributed by atoms with Crippen LogP contribution in [0.1, 0.15) is 4.88 Å². The predicted molar refractivity (Wildman–Crippen MR) is 82.2 cm³/mol. The molecule has 3 aromatic heterocycles. The molecule has 19 heavy (non-hydrogen) atoms. The van der Waals surface area contributed by atoms with Crippen LogP contribution in [0.2, 0.25) is 4.34 Å². The number of nitrogens with one attached hydrogen (secondary N) is 1. The Balaban J connectivity index is 1.65. The third-order valence-electron chi connectivity index (χ3n) is 2.58. The van der Waals surface area contributed by atoms with E-state index in [1.807, 2.05) is 30.5 Å². The molecule has 0 atom stereocenters. The summed E-state index contributed by atoms with van der Waals surface area (Å²) in [5, 5.41) is 7.57. The van der Waals surface area contributed by atoms with Gasteiger partial charge in [-0.2, -0.15) is 4.98 Å². The van der Waals surface area contributed by atoms with Gasteiger partial charge in [0.05, 0.1) is 4.34 Å². The van der Waals surface area contributed by atoms with Gasteiger partial charge in [-0.1, -0.05) is 11.6 Å². The first-order chi connectivity index (χ1) is 9.20. The molecule has 0 amide bonds. The normalized spacial score (nSPS) is 11.1. The summed E-state index contributed by atoms with van der Waals surface area (Å²) in [5.74, 6) is 0.640. The van der Waals surface area contributed by atoms with E-state index in [9.17, 15) is 0 Å². The molecule has 0 aliphatic heterocycles. The summed E-state index contributed by atoms with van der Waals surface area (Å²) in [6, 6.07) is 7.83. The topological polar surface area (TPSA) is 42.2 Å². The molecule has 0 aromatic carbocycles. The summed E-state index contributed by atoms with van der Waals surface area (Å²) < 4.78 is 3.55. The number of thiophene rings is 1. The highest BCUT2D eigenvalue weighted by Crippen LogP contribution is 2.21. The number of fused-ring (bicyclic) bond motifs is 1. The van der Waals surface area contributed by atoms with Crippen LogP contribution in [0, 0.1) is 0 Å². The van der Waals surface area contributed by atoms with E-state index in [1.54, 1.807) is 15.9 Å². The molecule has 0 saturated carbocycles. The highest BCUT2D eigenvalue weighted by Gasteiger charge is 2.03. The van der Waals surface area contributed by atoms with E-state index in [0.717, 1.165) is 27.4 Å². The Hall–Kier alpha value is -1.11. The molecule has 3 aromatic rings. The van der Waals surface area contributed by atoms with Crippen LogP contribution in [0.3, 0.4) is 0 Å². The standard InChI is InChI=1S/C12H10BrClN4S/c13-8-1-4-11-16-12(17-18(11)7-8)15-6-5-9-2-3-10(14)19-9/h1-4,7H,5-6H2,(H,15,17). The summed E-state index contributed by atoms with van der Waals surface area (Å²) in [5.41, 5.74) is 0.824. The van der Waals surface area contributed by atoms with Crippen LogP contribution in [0.4, 0.5) is 5.95 Å². The average Bonchev–Trinajstić information content (AvgIpc) is 2.95. The van der Waals surface area contributed by atoms with Crippen molar-refractivity contribution in [1.29, 1.82) is 0 Å². The molecule has 4 nitrogen and oxygen atoms in total. The minimum absolute atomic E-state index is 0.640. The third-order valence-corrected chi connectivity index (χ3v) is 4.34. The quantitative estimate of drug-likeness (QED) is 0.771. The smallest absolute Gasteiger partial charge is 0.243 e. The summed E-state index contributed by atoms with van der Waals surface area (Å²) in [6.07, 6.45) is 2.79. The number of aromatic nitrogens is 3. The number of rotatable bonds is 4. The van der Waals surface area contributed by atoms with Gasteiger partial charge in [-0.25, -0.2) is 4.52 Å². The first-order valence-electron chi connectivity index (χ1n) is 5.71. The van der Waals surface area contributed by atoms with Crippen LogP contribution in [0.25, 0.3) is 5.65 Å². The number of hydrogen-bond acceptors (Lipinski definition) is 4. The molecule has 0 radical (unpaired) electrons. The van der Waals surface area contributed by atoms with Gasteiger partial charge in [-0.3, -0.25) is 0 Å². The van der Waals surface area contributed by atoms with E-state index in [2.05, 4.69) is 31.3 Å². The maximum absolute atomic E-state index is 5.89. The van der Waals surface area contributed by atoms with Crippen molar-refractivity contribution >= 4 is 50.5 Å². The lowest BCUT2D eigenvalue weighted by Gasteiger charge is -1.98. The van der Waals surface area contributed by atoms with E-state index >= 15 is 0 Å². The van der Waals surface area contributed by atoms with Crippen molar-refractivity contribution in [2.24, 2.45) is 0 Å². The number of nitrogens with zero attached hydrogens (tertiary/aromatic N) is 3. The zero-order chi connectivity index (χ0) is 13.2. The van der Waals surface area contributed by atoms with Gasteiger partial charge in [-0.05, 0) is 46.6 Å². The molecular formula is C12H10BrClN4S. The van der Waals surface area contributed by atoms with Crippen LogP contribution >= 0.6 is 38.9 Å². The van der Waals surface area contributed by atoms with Gasteiger partial charge in [0.2, 0.25) is 5.95 Å². The van der Waals surface area contributed by atoms with Crippen molar-refractivity contribution < 1.29 is 0 Å². The molecule has 0 unspecified atom stereocenters. The molecule has 0 bridgehead atoms. The van der Waals surface area contributed by atoms with E-state index in [4.69, 9.17) is 11.6 Å². The lowest BCUT2D eigenvalue weighted by Crippen LogP contribution is -2.05. The maximum Gasteiger partial charge on any atom is 0.243 e. The molecule has 3 rings (SSSR count). The Morgan fingerprint density at radius 3 is 3.00 bits per heavy atom. The van der Waals surface area contributed by atoms with Gasteiger partial charge in [0.1, 0.15) is 0 Å². The molecule has 7 heteroatoms. The summed E-state index contributed by atoms with van der Waals surface area (Å²) in [6.45, 7) is 0.787. The lowest BCUT2D eigenvalue weighted by atomic mass is 10.3. The van der Waals surface area contributed by atoms with Gasteiger partial charge in [0, 0.05) is 22.1 Å². The molecule has 0 spiro atoms. The summed E-state index contributed by atoms with van der Waals surface area (Å²) >= 11 is 10.9. The monoisotopic (exact) mass is 356 g/mol. The second-order valence-corrected chi connectivity index (χ2v) is 6.68. The van der Waals surface area contributed by atoms with Gasteiger partial charge >= 0.3 is 0 Å². The van der Waals surface area contributed by atoms with E-state index in [1.165, 1.54) is 4.88 Å². The van der Waals surface area contributed by atoms with Crippen LogP contribution < -0.4 is 5.32 Å². The Kier molecular flexibility index (Phi) is 3.72. The van der Waals surface area contributed by atoms with Crippen LogP contribution in [-0.2, 0) is 6.42 Å². The molecule has 0 aliphatic carbocycles. The van der Waals surface area contributed by atoms with Crippen LogP contribution in [-0.4, -0.2) is 21.1 Å². The number of anilines is 1. The Labute approximate surface area is 127 Å². The minimum atomic E-state index is 0.640. The number of halogens is 2. The van der Waals surface area contributed by atoms with E-state index in [-0.39, 0.29) is 0 Å². The van der Waals surface area contributed by atoms with Crippen molar-refractivity contribution in [1.82, 2.24) is 14.6 Å². The van der Waals surface area contributed by atoms with Crippen molar-refractivity contribution in [2.45, 2.75) is 6.42 Å². The average molecular weight is 358 g/mol. The van der Waals surface area contributed by atoms with Gasteiger partial charge in [0.25, 0.3) is 0 Å². The maximum atomic E-state index is 5.89. The number of hydrogen-bond donors (Lipinski definition) is 1. The van der Waals surface area contributed by atoms with Gasteiger partial charge in [0.15, 0.2) is 5.65 Å². The SMILES string of the molecule is Clc1ccc(CCNc2nc3ccc(Br)cn3n2)s1. The Morgan fingerprint density at radius 1 is 1.32 bits per heavy atom. The summed E-state index contributed by atoms with van der Waals surface area (Å²) in [4.78, 5) is 5.64. The van der Waals surface area contributed by atoms with Crippen molar-refractivity contribution in [3.63, 3.8) is 0 Å². The largest absolute Gasteiger partial charge is 0.353 e. The second-order valence-electron chi connectivity index (χ2n) is 3.97. The molecule has 0 aliphatic rings. The fourth-order valence-electron chi connectivity index (χ4n) is 1.72. The van der Waals surface area contributed by atoms with Crippen molar-refractivity contribution in [3.05, 3.63) is 44.1 Å². The molecular weight excluding hydrogens is 348 g/mol. The first kappa shape index (κ1) is 12.9. The fraction of sp³-hybridized carbons (Fsp3) is 0.167. The highest BCUT2D eigenvalue weighted by atomic mass is 79.9. The number of pyridine rings is 1. The molecule has 0 fully saturated rings. The predicted octanol–water partition coefficient (Wildman–Crippen LogP) is 3.86. The van der Waals surface area contributed by atoms with Crippen molar-refractivity contribution in [3.8, 4) is 0 Å². The third kappa shape index (κ3) is 3.08. The van der Waals surface area contributed by atoms with Crippen molar-refractivity contribution in [2.75, 3.05) is 11.9 Å². The fourth-order valence-corrected chi connectivity index (χ4v) is 3.13. The van der Waals surface area contributed by atoms with Gasteiger partial charge < -0.3 is 5.32 Å². The molecule has 98 valence electrons.